The highest BCUT2D eigenvalue weighted by Crippen LogP contribution is 2.24. The van der Waals surface area contributed by atoms with Gasteiger partial charge < -0.3 is 11.1 Å². The SMILES string of the molecule is CC(C)(C)C(CN)Nc1cc(F)cc(Cl)c1. The van der Waals surface area contributed by atoms with Crippen molar-refractivity contribution in [2.45, 2.75) is 26.8 Å². The monoisotopic (exact) mass is 244 g/mol. The van der Waals surface area contributed by atoms with E-state index in [0.717, 1.165) is 0 Å². The van der Waals surface area contributed by atoms with Crippen molar-refractivity contribution in [1.29, 1.82) is 0 Å². The maximum atomic E-state index is 13.1. The second-order valence-corrected chi connectivity index (χ2v) is 5.39. The van der Waals surface area contributed by atoms with Crippen LogP contribution >= 0.6 is 11.6 Å². The maximum Gasteiger partial charge on any atom is 0.126 e. The summed E-state index contributed by atoms with van der Waals surface area (Å²) >= 11 is 5.78. The minimum atomic E-state index is -0.348. The van der Waals surface area contributed by atoms with E-state index in [4.69, 9.17) is 17.3 Å². The van der Waals surface area contributed by atoms with Crippen molar-refractivity contribution < 1.29 is 4.39 Å². The minimum Gasteiger partial charge on any atom is -0.380 e. The third-order valence-corrected chi connectivity index (χ3v) is 2.70. The van der Waals surface area contributed by atoms with Crippen LogP contribution in [0.2, 0.25) is 5.02 Å². The molecule has 0 aliphatic carbocycles. The third kappa shape index (κ3) is 3.65. The lowest BCUT2D eigenvalue weighted by Crippen LogP contribution is -2.40. The van der Waals surface area contributed by atoms with E-state index < -0.39 is 0 Å². The molecule has 2 nitrogen and oxygen atoms in total. The third-order valence-electron chi connectivity index (χ3n) is 2.48. The predicted molar refractivity (Wildman–Crippen MR) is 67.3 cm³/mol. The topological polar surface area (TPSA) is 38.0 Å². The van der Waals surface area contributed by atoms with Gasteiger partial charge in [0.05, 0.1) is 0 Å². The molecule has 1 atom stereocenters. The van der Waals surface area contributed by atoms with E-state index in [0.29, 0.717) is 17.3 Å². The summed E-state index contributed by atoms with van der Waals surface area (Å²) in [6.07, 6.45) is 0. The van der Waals surface area contributed by atoms with Gasteiger partial charge in [-0.2, -0.15) is 0 Å². The molecule has 0 aliphatic rings. The number of halogens is 2. The second kappa shape index (κ2) is 5.02. The molecule has 1 aromatic rings. The zero-order valence-electron chi connectivity index (χ0n) is 9.85. The molecule has 1 rings (SSSR count). The number of benzene rings is 1. The van der Waals surface area contributed by atoms with Crippen molar-refractivity contribution in [3.05, 3.63) is 29.0 Å². The molecule has 0 heterocycles. The van der Waals surface area contributed by atoms with Gasteiger partial charge in [0.15, 0.2) is 0 Å². The fourth-order valence-electron chi connectivity index (χ4n) is 1.47. The second-order valence-electron chi connectivity index (χ2n) is 4.96. The van der Waals surface area contributed by atoms with Gasteiger partial charge in [0.2, 0.25) is 0 Å². The smallest absolute Gasteiger partial charge is 0.126 e. The first kappa shape index (κ1) is 13.3. The van der Waals surface area contributed by atoms with Crippen LogP contribution in [0.15, 0.2) is 18.2 Å². The maximum absolute atomic E-state index is 13.1. The Labute approximate surface area is 101 Å². The molecule has 3 N–H and O–H groups in total. The van der Waals surface area contributed by atoms with E-state index in [2.05, 4.69) is 26.1 Å². The Kier molecular flexibility index (Phi) is 4.16. The molecule has 4 heteroatoms. The van der Waals surface area contributed by atoms with E-state index >= 15 is 0 Å². The zero-order chi connectivity index (χ0) is 12.3. The summed E-state index contributed by atoms with van der Waals surface area (Å²) in [4.78, 5) is 0. The molecular weight excluding hydrogens is 227 g/mol. The van der Waals surface area contributed by atoms with Crippen LogP contribution in [0.5, 0.6) is 0 Å². The Bertz CT molecular complexity index is 340. The summed E-state index contributed by atoms with van der Waals surface area (Å²) in [6, 6.07) is 4.46. The summed E-state index contributed by atoms with van der Waals surface area (Å²) < 4.78 is 13.1. The fourth-order valence-corrected chi connectivity index (χ4v) is 1.69. The van der Waals surface area contributed by atoms with Crippen LogP contribution in [0, 0.1) is 11.2 Å². The molecule has 0 spiro atoms. The van der Waals surface area contributed by atoms with Crippen molar-refractivity contribution in [1.82, 2.24) is 0 Å². The summed E-state index contributed by atoms with van der Waals surface area (Å²) in [6.45, 7) is 6.73. The van der Waals surface area contributed by atoms with Crippen molar-refractivity contribution in [2.75, 3.05) is 11.9 Å². The highest BCUT2D eigenvalue weighted by molar-refractivity contribution is 6.30. The fraction of sp³-hybridized carbons (Fsp3) is 0.500. The summed E-state index contributed by atoms with van der Waals surface area (Å²) in [5.41, 5.74) is 6.36. The highest BCUT2D eigenvalue weighted by atomic mass is 35.5. The number of rotatable bonds is 3. The van der Waals surface area contributed by atoms with Crippen LogP contribution in [-0.4, -0.2) is 12.6 Å². The molecule has 0 saturated heterocycles. The van der Waals surface area contributed by atoms with Crippen molar-refractivity contribution in [3.63, 3.8) is 0 Å². The Morgan fingerprint density at radius 1 is 1.38 bits per heavy atom. The van der Waals surface area contributed by atoms with Crippen LogP contribution in [0.4, 0.5) is 10.1 Å². The van der Waals surface area contributed by atoms with E-state index in [1.807, 2.05) is 0 Å². The normalized spacial score (nSPS) is 13.6. The quantitative estimate of drug-likeness (QED) is 0.857. The Hall–Kier alpha value is -0.800. The van der Waals surface area contributed by atoms with E-state index in [9.17, 15) is 4.39 Å². The number of hydrogen-bond donors (Lipinski definition) is 2. The predicted octanol–water partition coefficient (Wildman–Crippen LogP) is 3.26. The first-order valence-electron chi connectivity index (χ1n) is 5.25. The summed E-state index contributed by atoms with van der Waals surface area (Å²) in [5.74, 6) is -0.348. The number of anilines is 1. The molecule has 1 unspecified atom stereocenters. The molecule has 0 aliphatic heterocycles. The van der Waals surface area contributed by atoms with Crippen LogP contribution in [0.3, 0.4) is 0 Å². The standard InChI is InChI=1S/C12H18ClFN2/c1-12(2,3)11(7-15)16-10-5-8(13)4-9(14)6-10/h4-6,11,16H,7,15H2,1-3H3. The van der Waals surface area contributed by atoms with Crippen molar-refractivity contribution in [2.24, 2.45) is 11.1 Å². The molecule has 0 amide bonds. The minimum absolute atomic E-state index is 0.00748. The van der Waals surface area contributed by atoms with Gasteiger partial charge in [-0.05, 0) is 23.6 Å². The average Bonchev–Trinajstić information content (AvgIpc) is 2.10. The van der Waals surface area contributed by atoms with E-state index in [1.165, 1.54) is 12.1 Å². The molecule has 16 heavy (non-hydrogen) atoms. The molecular formula is C12H18ClFN2. The van der Waals surface area contributed by atoms with Crippen LogP contribution in [0.1, 0.15) is 20.8 Å². The first-order valence-corrected chi connectivity index (χ1v) is 5.63. The van der Waals surface area contributed by atoms with Gasteiger partial charge >= 0.3 is 0 Å². The number of nitrogens with one attached hydrogen (secondary N) is 1. The van der Waals surface area contributed by atoms with E-state index in [-0.39, 0.29) is 17.3 Å². The van der Waals surface area contributed by atoms with Gasteiger partial charge in [0, 0.05) is 23.3 Å². The average molecular weight is 245 g/mol. The Morgan fingerprint density at radius 3 is 2.44 bits per heavy atom. The summed E-state index contributed by atoms with van der Waals surface area (Å²) in [5, 5.41) is 3.58. The molecule has 0 bridgehead atoms. The molecule has 1 aromatic carbocycles. The lowest BCUT2D eigenvalue weighted by Gasteiger charge is -2.31. The van der Waals surface area contributed by atoms with Gasteiger partial charge in [0.25, 0.3) is 0 Å². The van der Waals surface area contributed by atoms with Gasteiger partial charge in [-0.3, -0.25) is 0 Å². The molecule has 0 radical (unpaired) electrons. The zero-order valence-corrected chi connectivity index (χ0v) is 10.6. The molecule has 90 valence electrons. The number of hydrogen-bond acceptors (Lipinski definition) is 2. The van der Waals surface area contributed by atoms with Gasteiger partial charge in [0.1, 0.15) is 5.82 Å². The van der Waals surface area contributed by atoms with Crippen molar-refractivity contribution in [3.8, 4) is 0 Å². The molecule has 0 fully saturated rings. The first-order chi connectivity index (χ1) is 7.32. The van der Waals surface area contributed by atoms with Crippen molar-refractivity contribution >= 4 is 17.3 Å². The number of nitrogens with two attached hydrogens (primary N) is 1. The van der Waals surface area contributed by atoms with Crippen LogP contribution < -0.4 is 11.1 Å². The van der Waals surface area contributed by atoms with Gasteiger partial charge in [-0.1, -0.05) is 32.4 Å². The van der Waals surface area contributed by atoms with Crippen LogP contribution in [-0.2, 0) is 0 Å². The summed E-state index contributed by atoms with van der Waals surface area (Å²) in [7, 11) is 0. The van der Waals surface area contributed by atoms with Crippen LogP contribution in [0.25, 0.3) is 0 Å². The Morgan fingerprint density at radius 2 is 2.00 bits per heavy atom. The van der Waals surface area contributed by atoms with E-state index in [1.54, 1.807) is 6.07 Å². The Balaban J connectivity index is 2.86. The van der Waals surface area contributed by atoms with Gasteiger partial charge in [-0.15, -0.1) is 0 Å². The molecule has 0 aromatic heterocycles. The largest absolute Gasteiger partial charge is 0.380 e. The lowest BCUT2D eigenvalue weighted by molar-refractivity contribution is 0.346. The lowest BCUT2D eigenvalue weighted by atomic mass is 9.86. The highest BCUT2D eigenvalue weighted by Gasteiger charge is 2.23. The molecule has 0 saturated carbocycles. The van der Waals surface area contributed by atoms with Gasteiger partial charge in [-0.25, -0.2) is 4.39 Å².